The maximum atomic E-state index is 12.9. The third-order valence-electron chi connectivity index (χ3n) is 2.65. The van der Waals surface area contributed by atoms with Crippen LogP contribution in [-0.2, 0) is 9.53 Å². The summed E-state index contributed by atoms with van der Waals surface area (Å²) in [5.74, 6) is -2.26. The molecule has 3 aliphatic rings. The van der Waals surface area contributed by atoms with E-state index in [0.717, 1.165) is 0 Å². The average Bonchev–Trinajstić information content (AvgIpc) is 1.98. The smallest absolute Gasteiger partial charge is 0.437 e. The van der Waals surface area contributed by atoms with E-state index in [-0.39, 0.29) is 25.3 Å². The number of piperidine rings is 1. The molecule has 3 nitrogen and oxygen atoms in total. The number of nitrogens with one attached hydrogen (secondary N) is 1. The minimum absolute atomic E-state index is 0.171. The molecule has 0 amide bonds. The molecule has 86 valence electrons. The van der Waals surface area contributed by atoms with Gasteiger partial charge in [-0.1, -0.05) is 0 Å². The summed E-state index contributed by atoms with van der Waals surface area (Å²) in [6, 6.07) is -0.171. The van der Waals surface area contributed by atoms with Crippen molar-refractivity contribution in [1.82, 2.24) is 5.32 Å². The Balaban J connectivity index is 1.98. The zero-order chi connectivity index (χ0) is 11.3. The first kappa shape index (κ1) is 10.7. The first-order chi connectivity index (χ1) is 6.81. The van der Waals surface area contributed by atoms with E-state index in [0.29, 0.717) is 0 Å². The van der Waals surface area contributed by atoms with Gasteiger partial charge >= 0.3 is 12.1 Å². The monoisotopic (exact) mass is 227 g/mol. The van der Waals surface area contributed by atoms with Crippen LogP contribution in [0.15, 0.2) is 0 Å². The largest absolute Gasteiger partial charge is 0.490 e. The van der Waals surface area contributed by atoms with E-state index in [1.165, 1.54) is 0 Å². The standard InChI is InChI=1S/C8H9F4NO2/c9-4-1-5-3-7(2-4,13-5)15-6(14)8(10,11)12/h4-5,13H,1-3H2. The molecule has 3 atom stereocenters. The Morgan fingerprint density at radius 1 is 1.40 bits per heavy atom. The van der Waals surface area contributed by atoms with Crippen molar-refractivity contribution in [2.45, 2.75) is 43.4 Å². The van der Waals surface area contributed by atoms with Gasteiger partial charge in [-0.05, 0) is 6.42 Å². The summed E-state index contributed by atoms with van der Waals surface area (Å²) in [6.07, 6.45) is -5.90. The van der Waals surface area contributed by atoms with Gasteiger partial charge in [0.15, 0.2) is 5.72 Å². The maximum Gasteiger partial charge on any atom is 0.490 e. The quantitative estimate of drug-likeness (QED) is 0.541. The topological polar surface area (TPSA) is 38.3 Å². The molecule has 3 rings (SSSR count). The van der Waals surface area contributed by atoms with E-state index in [1.807, 2.05) is 0 Å². The number of alkyl halides is 4. The molecule has 2 bridgehead atoms. The average molecular weight is 227 g/mol. The molecule has 1 N–H and O–H groups in total. The molecule has 0 aromatic rings. The van der Waals surface area contributed by atoms with Crippen molar-refractivity contribution in [3.05, 3.63) is 0 Å². The van der Waals surface area contributed by atoms with E-state index < -0.39 is 24.0 Å². The second-order valence-electron chi connectivity index (χ2n) is 3.96. The highest BCUT2D eigenvalue weighted by Crippen LogP contribution is 2.41. The van der Waals surface area contributed by atoms with Crippen LogP contribution in [0.2, 0.25) is 0 Å². The molecular formula is C8H9F4NO2. The normalized spacial score (nSPS) is 39.5. The maximum absolute atomic E-state index is 12.9. The minimum Gasteiger partial charge on any atom is -0.437 e. The molecule has 0 aromatic heterocycles. The van der Waals surface area contributed by atoms with Crippen LogP contribution in [-0.4, -0.2) is 30.1 Å². The molecule has 0 aromatic carbocycles. The van der Waals surface area contributed by atoms with Crippen molar-refractivity contribution in [3.8, 4) is 0 Å². The second kappa shape index (κ2) is 3.07. The number of hydrogen-bond donors (Lipinski definition) is 1. The number of carbonyl (C=O) groups excluding carboxylic acids is 1. The minimum atomic E-state index is -5.02. The Labute approximate surface area is 82.8 Å². The number of rotatable bonds is 1. The SMILES string of the molecule is O=C(OC12CC(F)CC(C1)N2)C(F)(F)F. The molecule has 0 radical (unpaired) electrons. The number of ether oxygens (including phenoxy) is 1. The van der Waals surface area contributed by atoms with Gasteiger partial charge in [-0.25, -0.2) is 9.18 Å². The lowest BCUT2D eigenvalue weighted by Gasteiger charge is -2.53. The summed E-state index contributed by atoms with van der Waals surface area (Å²) in [6.45, 7) is 0. The summed E-state index contributed by atoms with van der Waals surface area (Å²) >= 11 is 0. The number of carbonyl (C=O) groups is 1. The summed E-state index contributed by atoms with van der Waals surface area (Å²) in [7, 11) is 0. The van der Waals surface area contributed by atoms with E-state index in [9.17, 15) is 22.4 Å². The number of fused-ring (bicyclic) bond motifs is 2. The van der Waals surface area contributed by atoms with Crippen LogP contribution < -0.4 is 5.32 Å². The molecule has 0 spiro atoms. The lowest BCUT2D eigenvalue weighted by atomic mass is 9.78. The van der Waals surface area contributed by atoms with Crippen molar-refractivity contribution >= 4 is 5.97 Å². The van der Waals surface area contributed by atoms with Crippen LogP contribution >= 0.6 is 0 Å². The third-order valence-corrected chi connectivity index (χ3v) is 2.65. The lowest BCUT2D eigenvalue weighted by molar-refractivity contribution is -0.238. The molecule has 3 unspecified atom stereocenters. The van der Waals surface area contributed by atoms with E-state index in [4.69, 9.17) is 0 Å². The molecular weight excluding hydrogens is 218 g/mol. The third kappa shape index (κ3) is 1.92. The summed E-state index contributed by atoms with van der Waals surface area (Å²) < 4.78 is 52.9. The second-order valence-corrected chi connectivity index (χ2v) is 3.96. The molecule has 1 aliphatic carbocycles. The van der Waals surface area contributed by atoms with Crippen molar-refractivity contribution in [2.75, 3.05) is 0 Å². The van der Waals surface area contributed by atoms with Gasteiger partial charge in [-0.3, -0.25) is 5.32 Å². The fourth-order valence-corrected chi connectivity index (χ4v) is 2.13. The molecule has 15 heavy (non-hydrogen) atoms. The Morgan fingerprint density at radius 3 is 2.47 bits per heavy atom. The van der Waals surface area contributed by atoms with E-state index in [1.54, 1.807) is 0 Å². The highest BCUT2D eigenvalue weighted by atomic mass is 19.4. The van der Waals surface area contributed by atoms with Gasteiger partial charge in [0.1, 0.15) is 6.17 Å². The van der Waals surface area contributed by atoms with Gasteiger partial charge in [0.2, 0.25) is 0 Å². The van der Waals surface area contributed by atoms with Crippen LogP contribution in [0.3, 0.4) is 0 Å². The predicted octanol–water partition coefficient (Wildman–Crippen LogP) is 1.28. The Morgan fingerprint density at radius 2 is 2.00 bits per heavy atom. The molecule has 2 heterocycles. The van der Waals surface area contributed by atoms with Crippen molar-refractivity contribution in [2.24, 2.45) is 0 Å². The summed E-state index contributed by atoms with van der Waals surface area (Å²) in [4.78, 5) is 10.6. The highest BCUT2D eigenvalue weighted by Gasteiger charge is 2.56. The van der Waals surface area contributed by atoms with E-state index in [2.05, 4.69) is 10.1 Å². The Hall–Kier alpha value is -0.850. The van der Waals surface area contributed by atoms with Gasteiger partial charge < -0.3 is 4.74 Å². The van der Waals surface area contributed by atoms with Crippen LogP contribution in [0.1, 0.15) is 19.3 Å². The van der Waals surface area contributed by atoms with Crippen LogP contribution in [0, 0.1) is 0 Å². The van der Waals surface area contributed by atoms with Gasteiger partial charge in [0.05, 0.1) is 0 Å². The van der Waals surface area contributed by atoms with Gasteiger partial charge in [-0.15, -0.1) is 0 Å². The number of halogens is 4. The Bertz CT molecular complexity index is 285. The van der Waals surface area contributed by atoms with Crippen LogP contribution in [0.4, 0.5) is 17.6 Å². The first-order valence-electron chi connectivity index (χ1n) is 4.53. The molecule has 7 heteroatoms. The summed E-state index contributed by atoms with van der Waals surface area (Å²) in [5.41, 5.74) is -1.42. The van der Waals surface area contributed by atoms with Crippen molar-refractivity contribution < 1.29 is 27.1 Å². The molecule has 3 fully saturated rings. The summed E-state index contributed by atoms with van der Waals surface area (Å²) in [5, 5.41) is 2.64. The van der Waals surface area contributed by atoms with E-state index >= 15 is 0 Å². The molecule has 2 aliphatic heterocycles. The molecule has 2 saturated heterocycles. The highest BCUT2D eigenvalue weighted by molar-refractivity contribution is 5.76. The van der Waals surface area contributed by atoms with Crippen LogP contribution in [0.25, 0.3) is 0 Å². The number of esters is 1. The Kier molecular flexibility index (Phi) is 2.18. The lowest BCUT2D eigenvalue weighted by Crippen LogP contribution is -2.71. The van der Waals surface area contributed by atoms with Crippen LogP contribution in [0.5, 0.6) is 0 Å². The first-order valence-corrected chi connectivity index (χ1v) is 4.53. The zero-order valence-electron chi connectivity index (χ0n) is 7.60. The van der Waals surface area contributed by atoms with Crippen molar-refractivity contribution in [3.63, 3.8) is 0 Å². The fraction of sp³-hybridized carbons (Fsp3) is 0.875. The molecule has 1 saturated carbocycles. The zero-order valence-corrected chi connectivity index (χ0v) is 7.60. The predicted molar refractivity (Wildman–Crippen MR) is 40.5 cm³/mol. The van der Waals surface area contributed by atoms with Gasteiger partial charge in [0, 0.05) is 18.9 Å². The van der Waals surface area contributed by atoms with Crippen molar-refractivity contribution in [1.29, 1.82) is 0 Å². The fourth-order valence-electron chi connectivity index (χ4n) is 2.13. The number of hydrogen-bond acceptors (Lipinski definition) is 3. The van der Waals surface area contributed by atoms with Gasteiger partial charge in [0.25, 0.3) is 0 Å². The van der Waals surface area contributed by atoms with Gasteiger partial charge in [-0.2, -0.15) is 13.2 Å².